The molecule has 0 N–H and O–H groups in total. The average Bonchev–Trinajstić information content (AvgIpc) is 3.90. The lowest BCUT2D eigenvalue weighted by molar-refractivity contribution is -0.00585. The average molecular weight is 608 g/mol. The van der Waals surface area contributed by atoms with Crippen LogP contribution in [0.3, 0.4) is 0 Å². The van der Waals surface area contributed by atoms with Crippen LogP contribution in [0.1, 0.15) is 74.8 Å². The Morgan fingerprint density at radius 3 is 2.49 bits per heavy atom. The third-order valence-corrected chi connectivity index (χ3v) is 9.26. The molecule has 1 spiro atoms. The van der Waals surface area contributed by atoms with Gasteiger partial charge >= 0.3 is 5.97 Å². The number of esters is 1. The summed E-state index contributed by atoms with van der Waals surface area (Å²) in [4.78, 5) is 58.4. The summed E-state index contributed by atoms with van der Waals surface area (Å²) < 4.78 is 18.2. The van der Waals surface area contributed by atoms with Crippen LogP contribution >= 0.6 is 0 Å². The van der Waals surface area contributed by atoms with Crippen LogP contribution in [0, 0.1) is 0 Å². The zero-order valence-corrected chi connectivity index (χ0v) is 25.4. The molecule has 230 valence electrons. The van der Waals surface area contributed by atoms with Gasteiger partial charge in [0, 0.05) is 50.6 Å². The number of likely N-dealkylation sites (tertiary alicyclic amines) is 1. The number of para-hydroxylation sites is 1. The summed E-state index contributed by atoms with van der Waals surface area (Å²) in [6, 6.07) is 14.6. The van der Waals surface area contributed by atoms with E-state index in [0.29, 0.717) is 65.7 Å². The zero-order valence-electron chi connectivity index (χ0n) is 25.4. The van der Waals surface area contributed by atoms with Crippen molar-refractivity contribution < 1.29 is 28.6 Å². The Balaban J connectivity index is 1.10. The summed E-state index contributed by atoms with van der Waals surface area (Å²) in [7, 11) is 4.39. The number of hydrogen-bond donors (Lipinski definition) is 0. The van der Waals surface area contributed by atoms with E-state index in [2.05, 4.69) is 6.07 Å². The molecule has 2 fully saturated rings. The van der Waals surface area contributed by atoms with Crippen LogP contribution in [0.5, 0.6) is 11.5 Å². The molecule has 0 radical (unpaired) electrons. The van der Waals surface area contributed by atoms with E-state index >= 15 is 0 Å². The van der Waals surface area contributed by atoms with Crippen LogP contribution in [-0.4, -0.2) is 65.0 Å². The molecule has 0 unspecified atom stereocenters. The minimum absolute atomic E-state index is 0.0515. The Hall–Kier alpha value is -4.99. The molecule has 2 aromatic heterocycles. The Kier molecular flexibility index (Phi) is 6.95. The number of fused-ring (bicyclic) bond motifs is 2. The van der Waals surface area contributed by atoms with Crippen molar-refractivity contribution in [2.75, 3.05) is 27.3 Å². The molecule has 0 atom stereocenters. The normalized spacial score (nSPS) is 17.1. The van der Waals surface area contributed by atoms with Gasteiger partial charge in [0.1, 0.15) is 28.4 Å². The van der Waals surface area contributed by atoms with E-state index in [0.717, 1.165) is 29.3 Å². The minimum Gasteiger partial charge on any atom is -0.496 e. The fourth-order valence-corrected chi connectivity index (χ4v) is 6.60. The van der Waals surface area contributed by atoms with Gasteiger partial charge in [-0.3, -0.25) is 14.4 Å². The third-order valence-electron chi connectivity index (χ3n) is 9.26. The minimum atomic E-state index is -0.722. The number of aryl methyl sites for hydroxylation is 1. The second-order valence-electron chi connectivity index (χ2n) is 12.2. The lowest BCUT2D eigenvalue weighted by Crippen LogP contribution is -2.52. The molecule has 3 aliphatic rings. The van der Waals surface area contributed by atoms with E-state index in [-0.39, 0.29) is 23.7 Å². The number of amides is 1. The van der Waals surface area contributed by atoms with Crippen molar-refractivity contribution in [2.45, 2.75) is 43.6 Å². The molecule has 4 heterocycles. The molecule has 1 amide bonds. The molecular weight excluding hydrogens is 574 g/mol. The van der Waals surface area contributed by atoms with Crippen LogP contribution < -0.4 is 15.0 Å². The van der Waals surface area contributed by atoms with E-state index in [4.69, 9.17) is 19.2 Å². The number of Topliss-reactive ketones (excluding diaryl/α,β-unsaturated/α-hetero) is 1. The molecule has 10 nitrogen and oxygen atoms in total. The van der Waals surface area contributed by atoms with Gasteiger partial charge in [-0.25, -0.2) is 9.78 Å². The summed E-state index contributed by atoms with van der Waals surface area (Å²) in [5, 5.41) is 0.909. The van der Waals surface area contributed by atoms with Crippen LogP contribution in [0.25, 0.3) is 22.0 Å². The Morgan fingerprint density at radius 1 is 1.00 bits per heavy atom. The van der Waals surface area contributed by atoms with Crippen molar-refractivity contribution in [3.63, 3.8) is 0 Å². The molecule has 0 bridgehead atoms. The summed E-state index contributed by atoms with van der Waals surface area (Å²) in [5.74, 6) is 0.665. The molecular formula is C35H33N3O7. The summed E-state index contributed by atoms with van der Waals surface area (Å²) >= 11 is 0. The number of ketones is 1. The predicted molar refractivity (Wildman–Crippen MR) is 166 cm³/mol. The van der Waals surface area contributed by atoms with Crippen LogP contribution in [0.4, 0.5) is 0 Å². The zero-order chi connectivity index (χ0) is 31.5. The van der Waals surface area contributed by atoms with Gasteiger partial charge < -0.3 is 23.7 Å². The largest absolute Gasteiger partial charge is 0.496 e. The first-order valence-corrected chi connectivity index (χ1v) is 15.1. The Labute approximate surface area is 259 Å². The number of aromatic nitrogens is 2. The molecule has 1 saturated heterocycles. The molecule has 2 aliphatic heterocycles. The lowest BCUT2D eigenvalue weighted by atomic mass is 9.82. The maximum Gasteiger partial charge on any atom is 0.343 e. The number of piperidine rings is 1. The van der Waals surface area contributed by atoms with Gasteiger partial charge in [-0.15, -0.1) is 0 Å². The van der Waals surface area contributed by atoms with Gasteiger partial charge in [0.2, 0.25) is 0 Å². The molecule has 1 saturated carbocycles. The van der Waals surface area contributed by atoms with Crippen molar-refractivity contribution in [1.29, 1.82) is 0 Å². The molecule has 1 aliphatic carbocycles. The third kappa shape index (κ3) is 5.04. The van der Waals surface area contributed by atoms with Gasteiger partial charge in [0.25, 0.3) is 11.5 Å². The van der Waals surface area contributed by atoms with Crippen LogP contribution in [-0.2, 0) is 11.8 Å². The quantitative estimate of drug-likeness (QED) is 0.294. The molecule has 45 heavy (non-hydrogen) atoms. The van der Waals surface area contributed by atoms with Crippen LogP contribution in [0.2, 0.25) is 0 Å². The first kappa shape index (κ1) is 28.8. The van der Waals surface area contributed by atoms with Crippen LogP contribution in [0.15, 0.2) is 59.5 Å². The van der Waals surface area contributed by atoms with E-state index < -0.39 is 17.1 Å². The van der Waals surface area contributed by atoms with E-state index in [1.807, 2.05) is 12.1 Å². The number of nitrogens with zero attached hydrogens (tertiary/aromatic N) is 3. The number of rotatable bonds is 5. The molecule has 10 heteroatoms. The maximum absolute atomic E-state index is 13.7. The number of methoxy groups -OCH3 is 2. The number of carbonyl (C=O) groups excluding carboxylic acids is 3. The highest BCUT2D eigenvalue weighted by molar-refractivity contribution is 6.02. The fraction of sp³-hybridized carbons (Fsp3) is 0.343. The summed E-state index contributed by atoms with van der Waals surface area (Å²) in [5.41, 5.74) is 2.81. The van der Waals surface area contributed by atoms with E-state index in [1.54, 1.807) is 49.5 Å². The van der Waals surface area contributed by atoms with Crippen molar-refractivity contribution in [3.05, 3.63) is 87.5 Å². The molecule has 7 rings (SSSR count). The first-order chi connectivity index (χ1) is 21.7. The number of ether oxygens (including phenoxy) is 3. The topological polar surface area (TPSA) is 117 Å². The summed E-state index contributed by atoms with van der Waals surface area (Å²) in [6.45, 7) is 0.861. The second-order valence-corrected chi connectivity index (χ2v) is 12.2. The Morgan fingerprint density at radius 2 is 1.78 bits per heavy atom. The number of hydrogen-bond acceptors (Lipinski definition) is 8. The smallest absolute Gasteiger partial charge is 0.343 e. The molecule has 2 aromatic carbocycles. The first-order valence-electron chi connectivity index (χ1n) is 15.1. The van der Waals surface area contributed by atoms with Gasteiger partial charge in [-0.2, -0.15) is 0 Å². The highest BCUT2D eigenvalue weighted by Crippen LogP contribution is 2.44. The lowest BCUT2D eigenvalue weighted by Gasteiger charge is -2.44. The highest BCUT2D eigenvalue weighted by atomic mass is 16.5. The maximum atomic E-state index is 13.7. The summed E-state index contributed by atoms with van der Waals surface area (Å²) in [6.07, 6.45) is 5.08. The number of benzene rings is 2. The van der Waals surface area contributed by atoms with Crippen molar-refractivity contribution in [3.8, 4) is 22.6 Å². The van der Waals surface area contributed by atoms with Crippen molar-refractivity contribution in [1.82, 2.24) is 14.5 Å². The fourth-order valence-electron chi connectivity index (χ4n) is 6.60. The highest BCUT2D eigenvalue weighted by Gasteiger charge is 2.44. The SMILES string of the molecule is COC(=O)c1cc(-c2ccc3c(c2)C(=O)CC2(CCN(C(=O)c4cc(OC)c5cccc(C6CC6)c5n4)CC2)O3)cn(C)c1=O. The predicted octanol–water partition coefficient (Wildman–Crippen LogP) is 4.91. The molecule has 4 aromatic rings. The number of pyridine rings is 2. The standard InChI is InChI=1S/C35H33N3O7/c1-37-19-22(16-26(32(37)40)34(42)44-3)21-9-10-29-25(15-21)28(39)18-35(45-29)11-13-38(14-12-35)33(41)27-17-30(43-2)24-6-4-5-23(20-7-8-20)31(24)36-27/h4-6,9-10,15-17,19-20H,7-8,11-14,18H2,1-3H3. The van der Waals surface area contributed by atoms with Gasteiger partial charge in [-0.05, 0) is 59.7 Å². The Bertz CT molecular complexity index is 1950. The van der Waals surface area contributed by atoms with Gasteiger partial charge in [-0.1, -0.05) is 18.2 Å². The van der Waals surface area contributed by atoms with E-state index in [9.17, 15) is 19.2 Å². The van der Waals surface area contributed by atoms with Crippen molar-refractivity contribution >= 4 is 28.6 Å². The van der Waals surface area contributed by atoms with Gasteiger partial charge in [0.05, 0.1) is 31.7 Å². The second kappa shape index (κ2) is 10.9. The van der Waals surface area contributed by atoms with E-state index in [1.165, 1.54) is 17.7 Å². The monoisotopic (exact) mass is 607 g/mol. The number of carbonyl (C=O) groups is 3. The van der Waals surface area contributed by atoms with Gasteiger partial charge in [0.15, 0.2) is 5.78 Å². The van der Waals surface area contributed by atoms with Crippen molar-refractivity contribution in [2.24, 2.45) is 7.05 Å².